The summed E-state index contributed by atoms with van der Waals surface area (Å²) in [5.41, 5.74) is 0. The summed E-state index contributed by atoms with van der Waals surface area (Å²) in [4.78, 5) is 0. The van der Waals surface area contributed by atoms with Crippen LogP contribution >= 0.6 is 0 Å². The van der Waals surface area contributed by atoms with E-state index in [1.165, 1.54) is 7.11 Å². The van der Waals surface area contributed by atoms with Gasteiger partial charge in [-0.25, -0.2) is 0 Å². The average molecular weight is 139 g/mol. The smallest absolute Gasteiger partial charge is 0.192 e. The van der Waals surface area contributed by atoms with Gasteiger partial charge in [-0.2, -0.15) is 5.26 Å². The van der Waals surface area contributed by atoms with Crippen molar-refractivity contribution in [2.24, 2.45) is 0 Å². The molecule has 0 spiro atoms. The van der Waals surface area contributed by atoms with E-state index in [0.29, 0.717) is 5.76 Å². The zero-order valence-corrected chi connectivity index (χ0v) is 6.55. The van der Waals surface area contributed by atoms with Crippen molar-refractivity contribution >= 4 is 0 Å². The molecule has 0 aliphatic heterocycles. The fourth-order valence-electron chi connectivity index (χ4n) is 0.612. The highest BCUT2D eigenvalue weighted by molar-refractivity contribution is 5.12. The molecule has 0 saturated heterocycles. The number of nitrogens with zero attached hydrogens (tertiary/aromatic N) is 1. The maximum Gasteiger partial charge on any atom is 0.192 e. The van der Waals surface area contributed by atoms with Crippen molar-refractivity contribution in [3.05, 3.63) is 11.8 Å². The van der Waals surface area contributed by atoms with Crippen LogP contribution in [0, 0.1) is 11.3 Å². The van der Waals surface area contributed by atoms with Crippen molar-refractivity contribution in [3.63, 3.8) is 0 Å². The zero-order chi connectivity index (χ0) is 7.82. The maximum atomic E-state index is 8.38. The number of unbranched alkanes of at least 4 members (excludes halogenated alkanes) is 2. The van der Waals surface area contributed by atoms with E-state index >= 15 is 0 Å². The van der Waals surface area contributed by atoms with Crippen LogP contribution in [0.4, 0.5) is 0 Å². The van der Waals surface area contributed by atoms with E-state index in [2.05, 4.69) is 6.92 Å². The first-order chi connectivity index (χ1) is 4.85. The molecule has 2 heteroatoms. The predicted octanol–water partition coefficient (Wildman–Crippen LogP) is 2.23. The largest absolute Gasteiger partial charge is 0.487 e. The molecule has 0 atom stereocenters. The highest BCUT2D eigenvalue weighted by atomic mass is 16.5. The molecule has 0 amide bonds. The van der Waals surface area contributed by atoms with E-state index in [9.17, 15) is 0 Å². The summed E-state index contributed by atoms with van der Waals surface area (Å²) in [6.45, 7) is 2.12. The summed E-state index contributed by atoms with van der Waals surface area (Å²) in [5, 5.41) is 8.38. The Labute approximate surface area is 62.1 Å². The molecule has 0 N–H and O–H groups in total. The van der Waals surface area contributed by atoms with Crippen molar-refractivity contribution < 1.29 is 4.74 Å². The van der Waals surface area contributed by atoms with Crippen LogP contribution in [0.2, 0.25) is 0 Å². The molecule has 0 fully saturated rings. The lowest BCUT2D eigenvalue weighted by Crippen LogP contribution is -1.81. The van der Waals surface area contributed by atoms with Gasteiger partial charge in [-0.3, -0.25) is 0 Å². The van der Waals surface area contributed by atoms with E-state index in [1.807, 2.05) is 12.1 Å². The first kappa shape index (κ1) is 9.03. The van der Waals surface area contributed by atoms with E-state index < -0.39 is 0 Å². The molecule has 0 saturated carbocycles. The van der Waals surface area contributed by atoms with Gasteiger partial charge in [0.25, 0.3) is 0 Å². The topological polar surface area (TPSA) is 33.0 Å². The monoisotopic (exact) mass is 139 g/mol. The Kier molecular flexibility index (Phi) is 5.56. The molecular formula is C8H13NO. The molecule has 0 bridgehead atoms. The molecule has 2 nitrogen and oxygen atoms in total. The molecule has 0 aliphatic rings. The van der Waals surface area contributed by atoms with Crippen LogP contribution < -0.4 is 0 Å². The third kappa shape index (κ3) is 3.96. The van der Waals surface area contributed by atoms with Crippen molar-refractivity contribution in [1.29, 1.82) is 5.26 Å². The summed E-state index contributed by atoms with van der Waals surface area (Å²) in [6.07, 6.45) is 5.03. The van der Waals surface area contributed by atoms with E-state index in [4.69, 9.17) is 10.00 Å². The first-order valence-corrected chi connectivity index (χ1v) is 3.49. The number of rotatable bonds is 4. The molecule has 0 rings (SSSR count). The Bertz CT molecular complexity index is 144. The highest BCUT2D eigenvalue weighted by Gasteiger charge is 1.88. The van der Waals surface area contributed by atoms with Gasteiger partial charge >= 0.3 is 0 Å². The van der Waals surface area contributed by atoms with Gasteiger partial charge in [0, 0.05) is 0 Å². The fraction of sp³-hybridized carbons (Fsp3) is 0.625. The zero-order valence-electron chi connectivity index (χ0n) is 6.55. The maximum absolute atomic E-state index is 8.38. The normalized spacial score (nSPS) is 10.7. The van der Waals surface area contributed by atoms with Gasteiger partial charge in [0.2, 0.25) is 0 Å². The second-order valence-electron chi connectivity index (χ2n) is 2.03. The van der Waals surface area contributed by atoms with Crippen LogP contribution in [0.5, 0.6) is 0 Å². The molecule has 56 valence electrons. The second-order valence-corrected chi connectivity index (χ2v) is 2.03. The van der Waals surface area contributed by atoms with Crippen LogP contribution in [0.3, 0.4) is 0 Å². The lowest BCUT2D eigenvalue weighted by Gasteiger charge is -1.93. The quantitative estimate of drug-likeness (QED) is 0.340. The van der Waals surface area contributed by atoms with Gasteiger partial charge < -0.3 is 4.74 Å². The molecule has 0 radical (unpaired) electrons. The number of allylic oxidation sites excluding steroid dienone is 2. The Morgan fingerprint density at radius 3 is 2.80 bits per heavy atom. The van der Waals surface area contributed by atoms with Gasteiger partial charge in [-0.1, -0.05) is 13.3 Å². The summed E-state index contributed by atoms with van der Waals surface area (Å²) >= 11 is 0. The predicted molar refractivity (Wildman–Crippen MR) is 40.2 cm³/mol. The van der Waals surface area contributed by atoms with Crippen molar-refractivity contribution in [2.45, 2.75) is 26.2 Å². The van der Waals surface area contributed by atoms with E-state index in [0.717, 1.165) is 19.3 Å². The van der Waals surface area contributed by atoms with Crippen LogP contribution in [-0.2, 0) is 4.74 Å². The minimum absolute atomic E-state index is 0.424. The van der Waals surface area contributed by atoms with Crippen LogP contribution in [-0.4, -0.2) is 7.11 Å². The second kappa shape index (κ2) is 6.15. The number of ether oxygens (including phenoxy) is 1. The molecule has 0 unspecified atom stereocenters. The van der Waals surface area contributed by atoms with Crippen LogP contribution in [0.1, 0.15) is 26.2 Å². The third-order valence-electron chi connectivity index (χ3n) is 1.22. The summed E-state index contributed by atoms with van der Waals surface area (Å²) in [5.74, 6) is 0.424. The lowest BCUT2D eigenvalue weighted by atomic mass is 10.2. The molecule has 0 aromatic heterocycles. The van der Waals surface area contributed by atoms with Crippen molar-refractivity contribution in [1.82, 2.24) is 0 Å². The Morgan fingerprint density at radius 1 is 1.70 bits per heavy atom. The van der Waals surface area contributed by atoms with Gasteiger partial charge in [0.05, 0.1) is 7.11 Å². The third-order valence-corrected chi connectivity index (χ3v) is 1.22. The van der Waals surface area contributed by atoms with Crippen LogP contribution in [0.25, 0.3) is 0 Å². The van der Waals surface area contributed by atoms with Gasteiger partial charge in [-0.05, 0) is 18.9 Å². The van der Waals surface area contributed by atoms with Crippen molar-refractivity contribution in [2.75, 3.05) is 7.11 Å². The lowest BCUT2D eigenvalue weighted by molar-refractivity contribution is 0.308. The van der Waals surface area contributed by atoms with Gasteiger partial charge in [0.1, 0.15) is 6.07 Å². The summed E-state index contributed by atoms with van der Waals surface area (Å²) in [7, 11) is 1.51. The molecule has 0 aromatic rings. The fourth-order valence-corrected chi connectivity index (χ4v) is 0.612. The molecule has 0 aromatic carbocycles. The number of hydrogen-bond donors (Lipinski definition) is 0. The summed E-state index contributed by atoms with van der Waals surface area (Å²) in [6, 6.07) is 1.95. The number of methoxy groups -OCH3 is 1. The van der Waals surface area contributed by atoms with E-state index in [1.54, 1.807) is 0 Å². The summed E-state index contributed by atoms with van der Waals surface area (Å²) < 4.78 is 4.75. The van der Waals surface area contributed by atoms with Gasteiger partial charge in [-0.15, -0.1) is 0 Å². The van der Waals surface area contributed by atoms with E-state index in [-0.39, 0.29) is 0 Å². The van der Waals surface area contributed by atoms with Crippen molar-refractivity contribution in [3.8, 4) is 6.07 Å². The minimum atomic E-state index is 0.424. The SMILES string of the molecule is CCCC/C=C(\C#N)OC. The standard InChI is InChI=1S/C8H13NO/c1-3-4-5-6-8(7-9)10-2/h6H,3-5H2,1-2H3/b8-6+. The minimum Gasteiger partial charge on any atom is -0.487 e. The molecule has 0 heterocycles. The highest BCUT2D eigenvalue weighted by Crippen LogP contribution is 2.00. The number of hydrogen-bond acceptors (Lipinski definition) is 2. The Hall–Kier alpha value is -0.970. The molecule has 10 heavy (non-hydrogen) atoms. The first-order valence-electron chi connectivity index (χ1n) is 3.49. The average Bonchev–Trinajstić information content (AvgIpc) is 1.99. The van der Waals surface area contributed by atoms with Crippen LogP contribution in [0.15, 0.2) is 11.8 Å². The van der Waals surface area contributed by atoms with Gasteiger partial charge in [0.15, 0.2) is 5.76 Å². The Morgan fingerprint density at radius 2 is 2.40 bits per heavy atom. The molecule has 0 aliphatic carbocycles. The Balaban J connectivity index is 3.56. The number of nitriles is 1. The molecular weight excluding hydrogens is 126 g/mol.